The minimum atomic E-state index is -0.0891. The fraction of sp³-hybridized carbons (Fsp3) is 0.600. The maximum atomic E-state index is 12.2. The summed E-state index contributed by atoms with van der Waals surface area (Å²) in [5.74, 6) is 1.52. The lowest BCUT2D eigenvalue weighted by molar-refractivity contribution is -0.119. The van der Waals surface area contributed by atoms with Crippen LogP contribution in [-0.2, 0) is 11.3 Å². The van der Waals surface area contributed by atoms with E-state index in [1.807, 2.05) is 31.2 Å². The lowest BCUT2D eigenvalue weighted by Gasteiger charge is -2.62. The van der Waals surface area contributed by atoms with E-state index in [0.29, 0.717) is 6.54 Å². The van der Waals surface area contributed by atoms with Gasteiger partial charge >= 0.3 is 0 Å². The molecule has 2 rings (SSSR count). The summed E-state index contributed by atoms with van der Waals surface area (Å²) in [7, 11) is 1.64. The Hall–Kier alpha value is -1.51. The molecular formula is C20H33IN4O2. The molecule has 0 saturated carbocycles. The van der Waals surface area contributed by atoms with Crippen molar-refractivity contribution in [2.75, 3.05) is 26.7 Å². The van der Waals surface area contributed by atoms with Crippen LogP contribution in [0.25, 0.3) is 0 Å². The minimum Gasteiger partial charge on any atom is -0.497 e. The molecule has 2 N–H and O–H groups in total. The second-order valence-electron chi connectivity index (χ2n) is 7.82. The van der Waals surface area contributed by atoms with E-state index < -0.39 is 0 Å². The molecule has 1 heterocycles. The van der Waals surface area contributed by atoms with Crippen LogP contribution in [-0.4, -0.2) is 49.0 Å². The molecule has 0 aliphatic carbocycles. The number of nitrogens with zero attached hydrogens (tertiary/aromatic N) is 2. The number of benzene rings is 1. The number of carbonyl (C=O) groups is 1. The molecule has 1 fully saturated rings. The van der Waals surface area contributed by atoms with E-state index in [1.165, 1.54) is 0 Å². The summed E-state index contributed by atoms with van der Waals surface area (Å²) in [5, 5.41) is 6.21. The molecule has 0 spiro atoms. The van der Waals surface area contributed by atoms with Crippen LogP contribution in [0.5, 0.6) is 5.75 Å². The number of methoxy groups -OCH3 is 1. The number of likely N-dealkylation sites (tertiary alicyclic amines) is 1. The van der Waals surface area contributed by atoms with Crippen molar-refractivity contribution in [3.05, 3.63) is 29.8 Å². The quantitative estimate of drug-likeness (QED) is 0.367. The Morgan fingerprint density at radius 3 is 2.30 bits per heavy atom. The predicted octanol–water partition coefficient (Wildman–Crippen LogP) is 3.02. The fourth-order valence-corrected chi connectivity index (χ4v) is 2.94. The van der Waals surface area contributed by atoms with Crippen molar-refractivity contribution in [1.82, 2.24) is 15.5 Å². The van der Waals surface area contributed by atoms with Crippen molar-refractivity contribution in [1.29, 1.82) is 0 Å². The summed E-state index contributed by atoms with van der Waals surface area (Å²) in [6, 6.07) is 7.65. The third-order valence-electron chi connectivity index (χ3n) is 5.50. The Morgan fingerprint density at radius 1 is 1.19 bits per heavy atom. The Bertz CT molecular complexity index is 656. The monoisotopic (exact) mass is 488 g/mol. The fourth-order valence-electron chi connectivity index (χ4n) is 2.94. The van der Waals surface area contributed by atoms with Gasteiger partial charge in [-0.25, -0.2) is 4.99 Å². The standard InChI is InChI=1S/C20H32N4O2.HI/c1-7-21-18(24-14-19(2,3)20(24,4)5)23-13-17(25)22-12-15-8-10-16(26-6)11-9-15;/h8-11H,7,12-14H2,1-6H3,(H,21,23)(H,22,25);1H. The van der Waals surface area contributed by atoms with Gasteiger partial charge in [-0.3, -0.25) is 4.79 Å². The molecule has 6 nitrogen and oxygen atoms in total. The highest BCUT2D eigenvalue weighted by molar-refractivity contribution is 14.0. The maximum absolute atomic E-state index is 12.2. The van der Waals surface area contributed by atoms with E-state index in [-0.39, 0.29) is 47.4 Å². The molecule has 152 valence electrons. The van der Waals surface area contributed by atoms with Crippen LogP contribution in [0.1, 0.15) is 40.2 Å². The van der Waals surface area contributed by atoms with E-state index in [2.05, 4.69) is 48.2 Å². The van der Waals surface area contributed by atoms with Gasteiger partial charge in [0.15, 0.2) is 5.96 Å². The summed E-state index contributed by atoms with van der Waals surface area (Å²) < 4.78 is 5.14. The summed E-state index contributed by atoms with van der Waals surface area (Å²) in [4.78, 5) is 19.0. The molecule has 1 saturated heterocycles. The Balaban J connectivity index is 0.00000364. The van der Waals surface area contributed by atoms with Crippen molar-refractivity contribution in [2.24, 2.45) is 10.4 Å². The first-order chi connectivity index (χ1) is 12.2. The molecule has 0 atom stereocenters. The van der Waals surface area contributed by atoms with Gasteiger partial charge in [-0.1, -0.05) is 26.0 Å². The molecule has 1 amide bonds. The first-order valence-corrected chi connectivity index (χ1v) is 9.17. The van der Waals surface area contributed by atoms with E-state index in [9.17, 15) is 4.79 Å². The second-order valence-corrected chi connectivity index (χ2v) is 7.82. The normalized spacial score (nSPS) is 17.4. The number of guanidine groups is 1. The molecule has 0 bridgehead atoms. The molecule has 1 aliphatic rings. The summed E-state index contributed by atoms with van der Waals surface area (Å²) in [6.45, 7) is 13.3. The Kier molecular flexibility index (Phi) is 8.38. The average molecular weight is 488 g/mol. The highest BCUT2D eigenvalue weighted by Crippen LogP contribution is 2.46. The van der Waals surface area contributed by atoms with Crippen molar-refractivity contribution in [3.63, 3.8) is 0 Å². The van der Waals surface area contributed by atoms with Gasteiger partial charge in [0, 0.05) is 30.6 Å². The third-order valence-corrected chi connectivity index (χ3v) is 5.50. The number of halogens is 1. The zero-order valence-electron chi connectivity index (χ0n) is 17.3. The van der Waals surface area contributed by atoms with Crippen molar-refractivity contribution in [2.45, 2.75) is 46.7 Å². The van der Waals surface area contributed by atoms with E-state index in [0.717, 1.165) is 30.4 Å². The Labute approximate surface area is 180 Å². The predicted molar refractivity (Wildman–Crippen MR) is 121 cm³/mol. The Morgan fingerprint density at radius 2 is 1.81 bits per heavy atom. The maximum Gasteiger partial charge on any atom is 0.242 e. The van der Waals surface area contributed by atoms with Crippen LogP contribution in [0, 0.1) is 5.41 Å². The number of hydrogen-bond donors (Lipinski definition) is 2. The van der Waals surface area contributed by atoms with Gasteiger partial charge in [-0.05, 0) is 38.5 Å². The SMILES string of the molecule is CCNC(=NCC(=O)NCc1ccc(OC)cc1)N1CC(C)(C)C1(C)C.I. The minimum absolute atomic E-state index is 0. The van der Waals surface area contributed by atoms with Crippen LogP contribution in [0.4, 0.5) is 0 Å². The van der Waals surface area contributed by atoms with Gasteiger partial charge in [-0.15, -0.1) is 24.0 Å². The van der Waals surface area contributed by atoms with Gasteiger partial charge in [0.25, 0.3) is 0 Å². The number of aliphatic imine (C=N–C) groups is 1. The van der Waals surface area contributed by atoms with Gasteiger partial charge in [-0.2, -0.15) is 0 Å². The number of amides is 1. The number of hydrogen-bond acceptors (Lipinski definition) is 3. The van der Waals surface area contributed by atoms with E-state index in [1.54, 1.807) is 7.11 Å². The molecule has 1 aromatic rings. The molecule has 1 aromatic carbocycles. The lowest BCUT2D eigenvalue weighted by atomic mass is 9.65. The number of carbonyl (C=O) groups excluding carboxylic acids is 1. The molecule has 0 unspecified atom stereocenters. The summed E-state index contributed by atoms with van der Waals surface area (Å²) in [5.41, 5.74) is 1.26. The highest BCUT2D eigenvalue weighted by Gasteiger charge is 2.53. The van der Waals surface area contributed by atoms with E-state index >= 15 is 0 Å². The molecular weight excluding hydrogens is 455 g/mol. The highest BCUT2D eigenvalue weighted by atomic mass is 127. The molecule has 7 heteroatoms. The van der Waals surface area contributed by atoms with Crippen molar-refractivity contribution in [3.8, 4) is 5.75 Å². The largest absolute Gasteiger partial charge is 0.497 e. The van der Waals surface area contributed by atoms with Gasteiger partial charge < -0.3 is 20.3 Å². The zero-order chi connectivity index (χ0) is 19.4. The van der Waals surface area contributed by atoms with Crippen LogP contribution < -0.4 is 15.4 Å². The molecule has 0 radical (unpaired) electrons. The first-order valence-electron chi connectivity index (χ1n) is 9.17. The third kappa shape index (κ3) is 5.49. The van der Waals surface area contributed by atoms with E-state index in [4.69, 9.17) is 4.74 Å². The average Bonchev–Trinajstić information content (AvgIpc) is 2.62. The van der Waals surface area contributed by atoms with Crippen molar-refractivity contribution < 1.29 is 9.53 Å². The van der Waals surface area contributed by atoms with Crippen LogP contribution in [0.15, 0.2) is 29.3 Å². The molecule has 1 aliphatic heterocycles. The van der Waals surface area contributed by atoms with Gasteiger partial charge in [0.05, 0.1) is 7.11 Å². The first kappa shape index (κ1) is 23.5. The number of ether oxygens (including phenoxy) is 1. The summed E-state index contributed by atoms with van der Waals surface area (Å²) >= 11 is 0. The topological polar surface area (TPSA) is 66.0 Å². The molecule has 27 heavy (non-hydrogen) atoms. The van der Waals surface area contributed by atoms with Crippen LogP contribution in [0.2, 0.25) is 0 Å². The number of nitrogens with one attached hydrogen (secondary N) is 2. The number of rotatable bonds is 6. The van der Waals surface area contributed by atoms with Crippen molar-refractivity contribution >= 4 is 35.8 Å². The second kappa shape index (κ2) is 9.61. The lowest BCUT2D eigenvalue weighted by Crippen LogP contribution is -2.72. The molecule has 0 aromatic heterocycles. The smallest absolute Gasteiger partial charge is 0.242 e. The van der Waals surface area contributed by atoms with Crippen LogP contribution >= 0.6 is 24.0 Å². The zero-order valence-corrected chi connectivity index (χ0v) is 19.6. The van der Waals surface area contributed by atoms with Gasteiger partial charge in [0.2, 0.25) is 5.91 Å². The van der Waals surface area contributed by atoms with Gasteiger partial charge in [0.1, 0.15) is 12.3 Å². The summed E-state index contributed by atoms with van der Waals surface area (Å²) in [6.07, 6.45) is 0. The van der Waals surface area contributed by atoms with Crippen LogP contribution in [0.3, 0.4) is 0 Å².